The van der Waals surface area contributed by atoms with E-state index in [2.05, 4.69) is 15.9 Å². The molecule has 0 bridgehead atoms. The number of ether oxygens (including phenoxy) is 3. The molecule has 0 spiro atoms. The molecule has 1 heterocycles. The fourth-order valence-corrected chi connectivity index (χ4v) is 2.93. The summed E-state index contributed by atoms with van der Waals surface area (Å²) in [6.07, 6.45) is 1.69. The maximum absolute atomic E-state index is 12.5. The largest absolute Gasteiger partial charge is 0.482 e. The molecular weight excluding hydrogens is 412 g/mol. The van der Waals surface area contributed by atoms with Crippen LogP contribution in [0.5, 0.6) is 11.5 Å². The third kappa shape index (κ3) is 4.98. The maximum atomic E-state index is 12.5. The van der Waals surface area contributed by atoms with E-state index in [4.69, 9.17) is 14.2 Å². The molecule has 0 fully saturated rings. The van der Waals surface area contributed by atoms with Gasteiger partial charge in [0.2, 0.25) is 5.78 Å². The highest BCUT2D eigenvalue weighted by molar-refractivity contribution is 9.10. The van der Waals surface area contributed by atoms with Gasteiger partial charge in [-0.25, -0.2) is 4.79 Å². The second-order valence-corrected chi connectivity index (χ2v) is 7.94. The molecule has 6 heteroatoms. The molecule has 0 aliphatic carbocycles. The normalized spacial score (nSPS) is 14.7. The van der Waals surface area contributed by atoms with Crippen LogP contribution in [0, 0.1) is 0 Å². The van der Waals surface area contributed by atoms with Crippen molar-refractivity contribution in [2.24, 2.45) is 0 Å². The van der Waals surface area contributed by atoms with Crippen molar-refractivity contribution in [3.63, 3.8) is 0 Å². The molecular formula is C21H19BrO5. The summed E-state index contributed by atoms with van der Waals surface area (Å²) < 4.78 is 17.3. The number of carbonyl (C=O) groups excluding carboxylic acids is 2. The summed E-state index contributed by atoms with van der Waals surface area (Å²) >= 11 is 3.40. The lowest BCUT2D eigenvalue weighted by Crippen LogP contribution is -2.27. The van der Waals surface area contributed by atoms with Gasteiger partial charge >= 0.3 is 5.97 Å². The Bertz CT molecular complexity index is 924. The lowest BCUT2D eigenvalue weighted by atomic mass is 10.1. The number of hydrogen-bond acceptors (Lipinski definition) is 5. The number of Topliss-reactive ketones (excluding diaryl/α,β-unsaturated/α-hetero) is 1. The zero-order valence-corrected chi connectivity index (χ0v) is 16.8. The Labute approximate surface area is 166 Å². The summed E-state index contributed by atoms with van der Waals surface area (Å²) in [7, 11) is 0. The lowest BCUT2D eigenvalue weighted by molar-refractivity contribution is -0.157. The van der Waals surface area contributed by atoms with Crippen LogP contribution in [0.3, 0.4) is 0 Å². The van der Waals surface area contributed by atoms with Crippen LogP contribution in [-0.4, -0.2) is 24.0 Å². The molecule has 1 aliphatic rings. The quantitative estimate of drug-likeness (QED) is 0.515. The molecule has 0 radical (unpaired) electrons. The van der Waals surface area contributed by atoms with E-state index >= 15 is 0 Å². The number of allylic oxidation sites excluding steroid dienone is 1. The minimum Gasteiger partial charge on any atom is -0.482 e. The number of esters is 1. The van der Waals surface area contributed by atoms with Gasteiger partial charge in [-0.1, -0.05) is 28.1 Å². The average Bonchev–Trinajstić information content (AvgIpc) is 2.87. The number of ketones is 1. The third-order valence-corrected chi connectivity index (χ3v) is 4.06. The smallest absolute Gasteiger partial charge is 0.344 e. The molecule has 0 atom stereocenters. The second kappa shape index (κ2) is 7.56. The topological polar surface area (TPSA) is 61.8 Å². The Hall–Kier alpha value is -2.60. The van der Waals surface area contributed by atoms with Gasteiger partial charge in [-0.2, -0.15) is 0 Å². The van der Waals surface area contributed by atoms with Gasteiger partial charge < -0.3 is 14.2 Å². The van der Waals surface area contributed by atoms with Gasteiger partial charge in [-0.3, -0.25) is 4.79 Å². The predicted octanol–water partition coefficient (Wildman–Crippen LogP) is 4.79. The van der Waals surface area contributed by atoms with Crippen molar-refractivity contribution >= 4 is 33.8 Å². The molecule has 0 saturated heterocycles. The monoisotopic (exact) mass is 430 g/mol. The number of halogens is 1. The standard InChI is InChI=1S/C21H19BrO5/c1-21(2,3)27-19(23)12-25-15-7-8-16-17(11-15)26-18(20(16)24)10-13-5-4-6-14(22)9-13/h4-11H,12H2,1-3H3/b18-10-. The van der Waals surface area contributed by atoms with E-state index in [1.807, 2.05) is 24.3 Å². The van der Waals surface area contributed by atoms with Crippen molar-refractivity contribution in [2.45, 2.75) is 26.4 Å². The molecule has 2 aromatic carbocycles. The summed E-state index contributed by atoms with van der Waals surface area (Å²) in [5, 5.41) is 0. The SMILES string of the molecule is CC(C)(C)OC(=O)COc1ccc2c(c1)O/C(=C\c1cccc(Br)c1)C2=O. The van der Waals surface area contributed by atoms with Crippen molar-refractivity contribution < 1.29 is 23.8 Å². The van der Waals surface area contributed by atoms with Gasteiger partial charge in [0.1, 0.15) is 17.1 Å². The van der Waals surface area contributed by atoms with Crippen LogP contribution in [0.25, 0.3) is 6.08 Å². The van der Waals surface area contributed by atoms with Crippen molar-refractivity contribution in [1.82, 2.24) is 0 Å². The average molecular weight is 431 g/mol. The van der Waals surface area contributed by atoms with Gasteiger partial charge in [0.25, 0.3) is 0 Å². The predicted molar refractivity (Wildman–Crippen MR) is 105 cm³/mol. The minimum atomic E-state index is -0.569. The summed E-state index contributed by atoms with van der Waals surface area (Å²) in [5.41, 5.74) is 0.739. The van der Waals surface area contributed by atoms with Crippen LogP contribution in [0.15, 0.2) is 52.7 Å². The van der Waals surface area contributed by atoms with E-state index in [9.17, 15) is 9.59 Å². The lowest BCUT2D eigenvalue weighted by Gasteiger charge is -2.19. The summed E-state index contributed by atoms with van der Waals surface area (Å²) in [6.45, 7) is 5.15. The summed E-state index contributed by atoms with van der Waals surface area (Å²) in [5.74, 6) is 0.422. The molecule has 0 N–H and O–H groups in total. The van der Waals surface area contributed by atoms with Gasteiger partial charge in [-0.15, -0.1) is 0 Å². The van der Waals surface area contributed by atoms with Gasteiger partial charge in [-0.05, 0) is 56.7 Å². The summed E-state index contributed by atoms with van der Waals surface area (Å²) in [6, 6.07) is 12.4. The Morgan fingerprint density at radius 1 is 1.19 bits per heavy atom. The molecule has 140 valence electrons. The third-order valence-electron chi connectivity index (χ3n) is 3.56. The molecule has 5 nitrogen and oxygen atoms in total. The Morgan fingerprint density at radius 2 is 1.96 bits per heavy atom. The number of carbonyl (C=O) groups is 2. The van der Waals surface area contributed by atoms with Crippen LogP contribution >= 0.6 is 15.9 Å². The molecule has 0 saturated carbocycles. The molecule has 0 amide bonds. The number of rotatable bonds is 4. The highest BCUT2D eigenvalue weighted by atomic mass is 79.9. The van der Waals surface area contributed by atoms with Crippen molar-refractivity contribution in [1.29, 1.82) is 0 Å². The van der Waals surface area contributed by atoms with Crippen LogP contribution in [0.1, 0.15) is 36.7 Å². The van der Waals surface area contributed by atoms with Gasteiger partial charge in [0.05, 0.1) is 5.56 Å². The fraction of sp³-hybridized carbons (Fsp3) is 0.238. The van der Waals surface area contributed by atoms with E-state index in [-0.39, 0.29) is 18.1 Å². The zero-order chi connectivity index (χ0) is 19.6. The second-order valence-electron chi connectivity index (χ2n) is 7.03. The van der Waals surface area contributed by atoms with Crippen molar-refractivity contribution in [3.05, 3.63) is 63.8 Å². The number of hydrogen-bond donors (Lipinski definition) is 0. The Morgan fingerprint density at radius 3 is 2.67 bits per heavy atom. The number of benzene rings is 2. The maximum Gasteiger partial charge on any atom is 0.344 e. The first kappa shape index (κ1) is 19.2. The van der Waals surface area contributed by atoms with Crippen LogP contribution < -0.4 is 9.47 Å². The summed E-state index contributed by atoms with van der Waals surface area (Å²) in [4.78, 5) is 24.3. The zero-order valence-electron chi connectivity index (χ0n) is 15.2. The van der Waals surface area contributed by atoms with E-state index in [0.29, 0.717) is 17.1 Å². The fourth-order valence-electron chi connectivity index (χ4n) is 2.52. The van der Waals surface area contributed by atoms with E-state index < -0.39 is 11.6 Å². The van der Waals surface area contributed by atoms with Crippen molar-refractivity contribution in [2.75, 3.05) is 6.61 Å². The molecule has 1 aliphatic heterocycles. The highest BCUT2D eigenvalue weighted by Crippen LogP contribution is 2.35. The van der Waals surface area contributed by atoms with E-state index in [0.717, 1.165) is 10.0 Å². The van der Waals surface area contributed by atoms with E-state index in [1.54, 1.807) is 45.0 Å². The van der Waals surface area contributed by atoms with Crippen molar-refractivity contribution in [3.8, 4) is 11.5 Å². The molecule has 27 heavy (non-hydrogen) atoms. The minimum absolute atomic E-state index is 0.191. The van der Waals surface area contributed by atoms with Crippen LogP contribution in [-0.2, 0) is 9.53 Å². The first-order chi connectivity index (χ1) is 12.7. The first-order valence-electron chi connectivity index (χ1n) is 8.40. The molecule has 3 rings (SSSR count). The molecule has 0 aromatic heterocycles. The van der Waals surface area contributed by atoms with E-state index in [1.165, 1.54) is 0 Å². The van der Waals surface area contributed by atoms with Crippen LogP contribution in [0.2, 0.25) is 0 Å². The molecule has 2 aromatic rings. The Kier molecular flexibility index (Phi) is 5.37. The van der Waals surface area contributed by atoms with Gasteiger partial charge in [0.15, 0.2) is 12.4 Å². The Balaban J connectivity index is 1.71. The first-order valence-corrected chi connectivity index (χ1v) is 9.19. The highest BCUT2D eigenvalue weighted by Gasteiger charge is 2.28. The number of fused-ring (bicyclic) bond motifs is 1. The van der Waals surface area contributed by atoms with Crippen LogP contribution in [0.4, 0.5) is 0 Å². The van der Waals surface area contributed by atoms with Gasteiger partial charge in [0, 0.05) is 10.5 Å². The molecule has 0 unspecified atom stereocenters.